The van der Waals surface area contributed by atoms with Gasteiger partial charge in [-0.3, -0.25) is 13.8 Å². The van der Waals surface area contributed by atoms with Crippen LogP contribution in [-0.2, 0) is 27.9 Å². The molecular weight excluding hydrogens is 354 g/mol. The van der Waals surface area contributed by atoms with Crippen molar-refractivity contribution in [3.8, 4) is 5.75 Å². The number of hydrogen-bond donors (Lipinski definition) is 0. The normalized spacial score (nSPS) is 11.8. The van der Waals surface area contributed by atoms with Gasteiger partial charge in [0, 0.05) is 29.0 Å². The zero-order valence-electron chi connectivity index (χ0n) is 15.4. The van der Waals surface area contributed by atoms with Crippen LogP contribution in [0.4, 0.5) is 0 Å². The number of carbonyl (C=O) groups is 2. The Morgan fingerprint density at radius 1 is 1.23 bits per heavy atom. The van der Waals surface area contributed by atoms with Crippen molar-refractivity contribution < 1.29 is 23.0 Å². The van der Waals surface area contributed by atoms with Crippen LogP contribution >= 0.6 is 0 Å². The lowest BCUT2D eigenvalue weighted by molar-refractivity contribution is -0.127. The average Bonchev–Trinajstić information content (AvgIpc) is 2.99. The second kappa shape index (κ2) is 8.80. The number of furan rings is 1. The van der Waals surface area contributed by atoms with Gasteiger partial charge in [0.15, 0.2) is 5.78 Å². The Bertz CT molecular complexity index is 827. The van der Waals surface area contributed by atoms with Crippen molar-refractivity contribution >= 4 is 22.5 Å². The molecule has 0 aliphatic carbocycles. The maximum Gasteiger partial charge on any atom is 0.235 e. The van der Waals surface area contributed by atoms with E-state index in [0.717, 1.165) is 5.76 Å². The number of benzene rings is 1. The molecule has 0 fully saturated rings. The van der Waals surface area contributed by atoms with Gasteiger partial charge in [0.25, 0.3) is 0 Å². The zero-order chi connectivity index (χ0) is 19.3. The highest BCUT2D eigenvalue weighted by Gasteiger charge is 2.17. The van der Waals surface area contributed by atoms with Gasteiger partial charge in [-0.15, -0.1) is 0 Å². The summed E-state index contributed by atoms with van der Waals surface area (Å²) < 4.78 is 23.1. The molecule has 6 nitrogen and oxygen atoms in total. The summed E-state index contributed by atoms with van der Waals surface area (Å²) in [5.41, 5.74) is 1.17. The molecule has 1 unspecified atom stereocenters. The Morgan fingerprint density at radius 3 is 2.54 bits per heavy atom. The van der Waals surface area contributed by atoms with E-state index < -0.39 is 10.8 Å². The van der Waals surface area contributed by atoms with Crippen molar-refractivity contribution in [1.82, 2.24) is 4.90 Å². The molecule has 1 aromatic heterocycles. The van der Waals surface area contributed by atoms with E-state index in [1.165, 1.54) is 18.9 Å². The van der Waals surface area contributed by atoms with Gasteiger partial charge in [-0.2, -0.15) is 0 Å². The van der Waals surface area contributed by atoms with Gasteiger partial charge in [-0.05, 0) is 44.2 Å². The molecule has 2 rings (SSSR count). The molecule has 1 aromatic carbocycles. The van der Waals surface area contributed by atoms with Crippen LogP contribution in [0.25, 0.3) is 0 Å². The van der Waals surface area contributed by atoms with E-state index in [1.54, 1.807) is 25.2 Å². The number of ether oxygens (including phenoxy) is 1. The second-order valence-electron chi connectivity index (χ2n) is 6.07. The molecule has 0 N–H and O–H groups in total. The number of nitrogens with zero attached hydrogens (tertiary/aromatic N) is 1. The maximum absolute atomic E-state index is 12.4. The summed E-state index contributed by atoms with van der Waals surface area (Å²) in [7, 11) is 1.74. The van der Waals surface area contributed by atoms with Crippen molar-refractivity contribution in [1.29, 1.82) is 0 Å². The lowest BCUT2D eigenvalue weighted by atomic mass is 10.1. The summed E-state index contributed by atoms with van der Waals surface area (Å²) in [6, 6.07) is 8.65. The van der Waals surface area contributed by atoms with E-state index in [1.807, 2.05) is 19.1 Å². The van der Waals surface area contributed by atoms with Crippen LogP contribution in [0.1, 0.15) is 34.4 Å². The number of rotatable bonds is 8. The number of methoxy groups -OCH3 is 1. The number of Topliss-reactive ketones (excluding diaryl/α,β-unsaturated/α-hetero) is 1. The average molecular weight is 377 g/mol. The summed E-state index contributed by atoms with van der Waals surface area (Å²) in [6.45, 7) is 3.63. The minimum absolute atomic E-state index is 0.0794. The van der Waals surface area contributed by atoms with Gasteiger partial charge in [0.05, 0.1) is 19.4 Å². The predicted molar refractivity (Wildman–Crippen MR) is 99.6 cm³/mol. The van der Waals surface area contributed by atoms with Gasteiger partial charge in [-0.25, -0.2) is 0 Å². The molecule has 0 radical (unpaired) electrons. The van der Waals surface area contributed by atoms with E-state index in [0.29, 0.717) is 29.2 Å². The molecule has 140 valence electrons. The third-order valence-electron chi connectivity index (χ3n) is 3.90. The topological polar surface area (TPSA) is 76.8 Å². The van der Waals surface area contributed by atoms with Crippen LogP contribution in [0.5, 0.6) is 5.75 Å². The third-order valence-corrected chi connectivity index (χ3v) is 5.10. The fourth-order valence-corrected chi connectivity index (χ4v) is 3.65. The molecule has 0 spiro atoms. The molecule has 7 heteroatoms. The van der Waals surface area contributed by atoms with Crippen molar-refractivity contribution in [3.05, 3.63) is 53.0 Å². The molecule has 0 aliphatic rings. The van der Waals surface area contributed by atoms with Crippen molar-refractivity contribution in [2.24, 2.45) is 0 Å². The van der Waals surface area contributed by atoms with Crippen LogP contribution in [0.15, 0.2) is 34.7 Å². The molecule has 0 aliphatic heterocycles. The first-order chi connectivity index (χ1) is 12.3. The highest BCUT2D eigenvalue weighted by molar-refractivity contribution is 7.84. The van der Waals surface area contributed by atoms with E-state index in [4.69, 9.17) is 9.15 Å². The fourth-order valence-electron chi connectivity index (χ4n) is 2.47. The molecule has 0 bridgehead atoms. The van der Waals surface area contributed by atoms with Gasteiger partial charge in [0.2, 0.25) is 5.91 Å². The standard InChI is InChI=1S/C19H23NO5S/c1-13-5-7-17(25-13)10-20(3)19(22)12-26(23)11-16-9-15(14(2)21)6-8-18(16)24-4/h5-9H,10-12H2,1-4H3. The Balaban J connectivity index is 2.00. The highest BCUT2D eigenvalue weighted by atomic mass is 32.2. The molecule has 2 aromatic rings. The fraction of sp³-hybridized carbons (Fsp3) is 0.368. The van der Waals surface area contributed by atoms with E-state index in [2.05, 4.69) is 0 Å². The molecule has 1 heterocycles. The summed E-state index contributed by atoms with van der Waals surface area (Å²) in [5.74, 6) is 1.73. The third kappa shape index (κ3) is 5.29. The maximum atomic E-state index is 12.4. The Hall–Kier alpha value is -2.41. The first-order valence-corrected chi connectivity index (χ1v) is 9.61. The van der Waals surface area contributed by atoms with Crippen LogP contribution in [0.3, 0.4) is 0 Å². The molecular formula is C19H23NO5S. The van der Waals surface area contributed by atoms with Crippen LogP contribution < -0.4 is 4.74 Å². The first kappa shape index (κ1) is 19.9. The molecule has 1 amide bonds. The van der Waals surface area contributed by atoms with Crippen LogP contribution in [-0.4, -0.2) is 40.7 Å². The summed E-state index contributed by atoms with van der Waals surface area (Å²) in [5, 5.41) is 0. The molecule has 0 saturated heterocycles. The number of carbonyl (C=O) groups excluding carboxylic acids is 2. The van der Waals surface area contributed by atoms with E-state index >= 15 is 0 Å². The molecule has 0 saturated carbocycles. The minimum Gasteiger partial charge on any atom is -0.496 e. The number of ketones is 1. The summed E-state index contributed by atoms with van der Waals surface area (Å²) in [4.78, 5) is 25.3. The number of aryl methyl sites for hydroxylation is 1. The molecule has 1 atom stereocenters. The number of hydrogen-bond acceptors (Lipinski definition) is 5. The van der Waals surface area contributed by atoms with E-state index in [-0.39, 0.29) is 23.2 Å². The lowest BCUT2D eigenvalue weighted by Gasteiger charge is -2.16. The van der Waals surface area contributed by atoms with Crippen molar-refractivity contribution in [3.63, 3.8) is 0 Å². The second-order valence-corrected chi connectivity index (χ2v) is 7.53. The predicted octanol–water partition coefficient (Wildman–Crippen LogP) is 2.71. The molecule has 26 heavy (non-hydrogen) atoms. The van der Waals surface area contributed by atoms with E-state index in [9.17, 15) is 13.8 Å². The van der Waals surface area contributed by atoms with Crippen molar-refractivity contribution in [2.45, 2.75) is 26.1 Å². The quantitative estimate of drug-likeness (QED) is 0.661. The zero-order valence-corrected chi connectivity index (χ0v) is 16.2. The van der Waals surface area contributed by atoms with Crippen LogP contribution in [0, 0.1) is 6.92 Å². The monoisotopic (exact) mass is 377 g/mol. The largest absolute Gasteiger partial charge is 0.496 e. The SMILES string of the molecule is COc1ccc(C(C)=O)cc1CS(=O)CC(=O)N(C)Cc1ccc(C)o1. The Kier molecular flexibility index (Phi) is 6.74. The lowest BCUT2D eigenvalue weighted by Crippen LogP contribution is -2.30. The summed E-state index contributed by atoms with van der Waals surface area (Å²) >= 11 is 0. The highest BCUT2D eigenvalue weighted by Crippen LogP contribution is 2.22. The van der Waals surface area contributed by atoms with Gasteiger partial charge in [-0.1, -0.05) is 0 Å². The minimum atomic E-state index is -1.42. The smallest absolute Gasteiger partial charge is 0.235 e. The van der Waals surface area contributed by atoms with Gasteiger partial charge in [0.1, 0.15) is 23.0 Å². The van der Waals surface area contributed by atoms with Gasteiger partial charge < -0.3 is 14.1 Å². The number of amides is 1. The Labute approximate surface area is 155 Å². The van der Waals surface area contributed by atoms with Crippen molar-refractivity contribution in [2.75, 3.05) is 19.9 Å². The first-order valence-electron chi connectivity index (χ1n) is 8.12. The van der Waals surface area contributed by atoms with Gasteiger partial charge >= 0.3 is 0 Å². The Morgan fingerprint density at radius 2 is 1.96 bits per heavy atom. The van der Waals surface area contributed by atoms with Crippen LogP contribution in [0.2, 0.25) is 0 Å². The summed E-state index contributed by atoms with van der Waals surface area (Å²) in [6.07, 6.45) is 0.